The van der Waals surface area contributed by atoms with Crippen molar-refractivity contribution in [1.82, 2.24) is 5.43 Å². The number of benzene rings is 3. The number of esters is 1. The van der Waals surface area contributed by atoms with Crippen LogP contribution in [-0.4, -0.2) is 28.4 Å². The maximum atomic E-state index is 12.6. The molecule has 0 aliphatic rings. The van der Waals surface area contributed by atoms with Crippen LogP contribution in [-0.2, 0) is 16.0 Å². The number of hydrazone groups is 1. The number of nitrogens with zero attached hydrogens (tertiary/aromatic N) is 2. The van der Waals surface area contributed by atoms with E-state index in [-0.39, 0.29) is 22.7 Å². The van der Waals surface area contributed by atoms with Crippen LogP contribution >= 0.6 is 0 Å². The van der Waals surface area contributed by atoms with Crippen LogP contribution in [0.2, 0.25) is 0 Å². The van der Waals surface area contributed by atoms with Crippen LogP contribution in [0.3, 0.4) is 0 Å². The molecule has 0 atom stereocenters. The molecule has 0 aliphatic carbocycles. The number of carbonyl (C=O) groups excluding carboxylic acids is 3. The normalized spacial score (nSPS) is 10.9. The minimum atomic E-state index is -0.982. The van der Waals surface area contributed by atoms with Crippen LogP contribution < -0.4 is 15.5 Å². The van der Waals surface area contributed by atoms with Gasteiger partial charge in [-0.3, -0.25) is 19.7 Å². The zero-order valence-electron chi connectivity index (χ0n) is 19.0. The summed E-state index contributed by atoms with van der Waals surface area (Å²) in [7, 11) is 0. The summed E-state index contributed by atoms with van der Waals surface area (Å²) in [5.74, 6) is -2.72. The highest BCUT2D eigenvalue weighted by molar-refractivity contribution is 6.39. The van der Waals surface area contributed by atoms with E-state index in [4.69, 9.17) is 4.74 Å². The lowest BCUT2D eigenvalue weighted by Gasteiger charge is -2.11. The average molecular weight is 474 g/mol. The molecule has 2 N–H and O–H groups in total. The fourth-order valence-electron chi connectivity index (χ4n) is 3.19. The molecule has 0 heterocycles. The molecule has 0 aliphatic heterocycles. The number of nitro benzene ring substituents is 1. The average Bonchev–Trinajstić information content (AvgIpc) is 2.87. The van der Waals surface area contributed by atoms with E-state index in [1.54, 1.807) is 37.3 Å². The van der Waals surface area contributed by atoms with Gasteiger partial charge in [-0.15, -0.1) is 0 Å². The minimum absolute atomic E-state index is 0.0764. The van der Waals surface area contributed by atoms with E-state index in [0.29, 0.717) is 17.7 Å². The molecular formula is C25H22N4O6. The summed E-state index contributed by atoms with van der Waals surface area (Å²) in [4.78, 5) is 47.7. The molecule has 2 amide bonds. The van der Waals surface area contributed by atoms with E-state index in [1.165, 1.54) is 30.3 Å². The van der Waals surface area contributed by atoms with E-state index in [2.05, 4.69) is 15.8 Å². The van der Waals surface area contributed by atoms with Crippen molar-refractivity contribution in [2.45, 2.75) is 20.3 Å². The molecule has 0 aromatic heterocycles. The van der Waals surface area contributed by atoms with Gasteiger partial charge in [0.25, 0.3) is 5.69 Å². The molecule has 3 aromatic rings. The monoisotopic (exact) mass is 474 g/mol. The molecule has 3 aromatic carbocycles. The van der Waals surface area contributed by atoms with Crippen LogP contribution in [0.1, 0.15) is 35.3 Å². The van der Waals surface area contributed by atoms with E-state index < -0.39 is 22.7 Å². The van der Waals surface area contributed by atoms with Crippen molar-refractivity contribution in [2.24, 2.45) is 5.10 Å². The van der Waals surface area contributed by atoms with Crippen molar-refractivity contribution < 1.29 is 24.0 Å². The molecule has 0 radical (unpaired) electrons. The lowest BCUT2D eigenvalue weighted by molar-refractivity contribution is -0.385. The van der Waals surface area contributed by atoms with Gasteiger partial charge in [-0.05, 0) is 43.2 Å². The van der Waals surface area contributed by atoms with Gasteiger partial charge in [-0.1, -0.05) is 49.4 Å². The zero-order valence-corrected chi connectivity index (χ0v) is 19.0. The third-order valence-electron chi connectivity index (χ3n) is 4.98. The Hall–Kier alpha value is -4.86. The number of para-hydroxylation sites is 3. The molecule has 0 spiro atoms. The molecule has 0 saturated carbocycles. The number of rotatable bonds is 7. The molecule has 35 heavy (non-hydrogen) atoms. The summed E-state index contributed by atoms with van der Waals surface area (Å²) in [6.45, 7) is 3.47. The van der Waals surface area contributed by atoms with Gasteiger partial charge >= 0.3 is 17.8 Å². The standard InChI is InChI=1S/C25H22N4O6/c1-3-17-10-4-7-13-20(17)26-23(30)24(31)28-27-16(2)18-11-6-9-15-22(18)35-25(32)19-12-5-8-14-21(19)29(33)34/h4-15H,3H2,1-2H3,(H,26,30)(H,28,31). The van der Waals surface area contributed by atoms with Gasteiger partial charge in [0.15, 0.2) is 0 Å². The zero-order chi connectivity index (χ0) is 25.4. The lowest BCUT2D eigenvalue weighted by atomic mass is 10.1. The van der Waals surface area contributed by atoms with Gasteiger partial charge < -0.3 is 10.1 Å². The number of aryl methyl sites for hydroxylation is 1. The molecule has 0 bridgehead atoms. The van der Waals surface area contributed by atoms with E-state index in [9.17, 15) is 24.5 Å². The van der Waals surface area contributed by atoms with Gasteiger partial charge in [0.05, 0.1) is 10.6 Å². The predicted octanol–water partition coefficient (Wildman–Crippen LogP) is 3.86. The first-order valence-electron chi connectivity index (χ1n) is 10.6. The maximum absolute atomic E-state index is 12.6. The van der Waals surface area contributed by atoms with Crippen LogP contribution in [0.5, 0.6) is 5.75 Å². The van der Waals surface area contributed by atoms with Crippen LogP contribution in [0.15, 0.2) is 77.9 Å². The second kappa shape index (κ2) is 11.3. The Morgan fingerprint density at radius 1 is 0.914 bits per heavy atom. The Balaban J connectivity index is 1.73. The van der Waals surface area contributed by atoms with Crippen molar-refractivity contribution in [3.8, 4) is 5.75 Å². The molecule has 178 valence electrons. The van der Waals surface area contributed by atoms with Crippen molar-refractivity contribution >= 4 is 34.9 Å². The number of carbonyl (C=O) groups is 3. The van der Waals surface area contributed by atoms with Crippen LogP contribution in [0.4, 0.5) is 11.4 Å². The first-order chi connectivity index (χ1) is 16.8. The second-order valence-corrected chi connectivity index (χ2v) is 7.26. The SMILES string of the molecule is CCc1ccccc1NC(=O)C(=O)NN=C(C)c1ccccc1OC(=O)c1ccccc1[N+](=O)[O-]. The summed E-state index contributed by atoms with van der Waals surface area (Å²) in [6.07, 6.45) is 0.678. The van der Waals surface area contributed by atoms with Crippen molar-refractivity contribution in [1.29, 1.82) is 0 Å². The summed E-state index contributed by atoms with van der Waals surface area (Å²) < 4.78 is 5.39. The number of hydrogen-bond acceptors (Lipinski definition) is 7. The molecule has 3 rings (SSSR count). The second-order valence-electron chi connectivity index (χ2n) is 7.26. The highest BCUT2D eigenvalue weighted by Gasteiger charge is 2.22. The Morgan fingerprint density at radius 2 is 1.54 bits per heavy atom. The summed E-state index contributed by atoms with van der Waals surface area (Å²) in [5.41, 5.74) is 3.58. The molecule has 0 unspecified atom stereocenters. The highest BCUT2D eigenvalue weighted by Crippen LogP contribution is 2.23. The van der Waals surface area contributed by atoms with Crippen LogP contribution in [0, 0.1) is 10.1 Å². The van der Waals surface area contributed by atoms with Gasteiger partial charge in [-0.2, -0.15) is 5.10 Å². The van der Waals surface area contributed by atoms with Gasteiger partial charge in [0.2, 0.25) is 0 Å². The molecule has 10 nitrogen and oxygen atoms in total. The number of nitro groups is 1. The molecule has 0 saturated heterocycles. The van der Waals surface area contributed by atoms with Gasteiger partial charge in [0, 0.05) is 17.3 Å². The minimum Gasteiger partial charge on any atom is -0.422 e. The number of anilines is 1. The Bertz CT molecular complexity index is 1320. The first kappa shape index (κ1) is 24.8. The Labute approximate surface area is 200 Å². The van der Waals surface area contributed by atoms with Crippen molar-refractivity contribution in [2.75, 3.05) is 5.32 Å². The fraction of sp³-hybridized carbons (Fsp3) is 0.120. The fourth-order valence-corrected chi connectivity index (χ4v) is 3.19. The third-order valence-corrected chi connectivity index (χ3v) is 4.98. The summed E-state index contributed by atoms with van der Waals surface area (Å²) in [5, 5.41) is 17.7. The topological polar surface area (TPSA) is 140 Å². The maximum Gasteiger partial charge on any atom is 0.350 e. The quantitative estimate of drug-likeness (QED) is 0.133. The van der Waals surface area contributed by atoms with Crippen LogP contribution in [0.25, 0.3) is 0 Å². The largest absolute Gasteiger partial charge is 0.422 e. The molecule has 0 fully saturated rings. The predicted molar refractivity (Wildman–Crippen MR) is 129 cm³/mol. The van der Waals surface area contributed by atoms with E-state index in [0.717, 1.165) is 5.56 Å². The molecule has 10 heteroatoms. The van der Waals surface area contributed by atoms with E-state index in [1.807, 2.05) is 19.1 Å². The van der Waals surface area contributed by atoms with Gasteiger partial charge in [0.1, 0.15) is 11.3 Å². The highest BCUT2D eigenvalue weighted by atomic mass is 16.6. The van der Waals surface area contributed by atoms with E-state index >= 15 is 0 Å². The molecular weight excluding hydrogens is 452 g/mol. The van der Waals surface area contributed by atoms with Crippen molar-refractivity contribution in [3.05, 3.63) is 99.6 Å². The summed E-state index contributed by atoms with van der Waals surface area (Å²) in [6, 6.07) is 18.9. The third kappa shape index (κ3) is 6.14. The smallest absolute Gasteiger partial charge is 0.350 e. The van der Waals surface area contributed by atoms with Crippen molar-refractivity contribution in [3.63, 3.8) is 0 Å². The number of amides is 2. The van der Waals surface area contributed by atoms with Gasteiger partial charge in [-0.25, -0.2) is 10.2 Å². The Morgan fingerprint density at radius 3 is 2.26 bits per heavy atom. The summed E-state index contributed by atoms with van der Waals surface area (Å²) >= 11 is 0. The number of nitrogens with one attached hydrogen (secondary N) is 2. The first-order valence-corrected chi connectivity index (χ1v) is 10.6. The number of hydrogen-bond donors (Lipinski definition) is 2. The lowest BCUT2D eigenvalue weighted by Crippen LogP contribution is -2.33. The number of ether oxygens (including phenoxy) is 1. The Kier molecular flexibility index (Phi) is 8.02.